The van der Waals surface area contributed by atoms with Gasteiger partial charge in [-0.3, -0.25) is 4.79 Å². The van der Waals surface area contributed by atoms with Gasteiger partial charge in [-0.2, -0.15) is 0 Å². The molecule has 34 heavy (non-hydrogen) atoms. The molecule has 1 heterocycles. The summed E-state index contributed by atoms with van der Waals surface area (Å²) in [6.07, 6.45) is 0.607. The zero-order valence-electron chi connectivity index (χ0n) is 19.8. The normalized spacial score (nSPS) is 14.2. The maximum atomic E-state index is 13.2. The lowest BCUT2D eigenvalue weighted by atomic mass is 10.2. The number of carbonyl (C=O) groups is 2. The third-order valence-corrected chi connectivity index (χ3v) is 7.63. The van der Waals surface area contributed by atoms with E-state index in [1.165, 1.54) is 22.4 Å². The maximum absolute atomic E-state index is 13.2. The smallest absolute Gasteiger partial charge is 0.397 e. The molecule has 0 saturated carbocycles. The number of sulfonamides is 1. The quantitative estimate of drug-likeness (QED) is 0.412. The van der Waals surface area contributed by atoms with E-state index in [-0.39, 0.29) is 11.5 Å². The van der Waals surface area contributed by atoms with Gasteiger partial charge in [-0.1, -0.05) is 30.3 Å². The number of methoxy groups -OCH3 is 1. The fraction of sp³-hybridized carbons (Fsp3) is 0.417. The minimum Gasteiger partial charge on any atom is -0.495 e. The van der Waals surface area contributed by atoms with Crippen molar-refractivity contribution in [3.8, 4) is 5.75 Å². The standard InChI is InChI=1S/C24H31N3O6S/c1-4-33-24(29)23(28)27-16-14-26(15-17-27)21-18-20(10-11-22(21)32-3)34(30,31)25(2)13-12-19-8-6-5-7-9-19/h5-11,18H,4,12-17H2,1-3H3. The summed E-state index contributed by atoms with van der Waals surface area (Å²) < 4.78 is 38.1. The average Bonchev–Trinajstić information content (AvgIpc) is 2.87. The van der Waals surface area contributed by atoms with Crippen LogP contribution >= 0.6 is 0 Å². The number of esters is 1. The lowest BCUT2D eigenvalue weighted by Crippen LogP contribution is -2.51. The fourth-order valence-electron chi connectivity index (χ4n) is 3.78. The van der Waals surface area contributed by atoms with E-state index in [1.807, 2.05) is 35.2 Å². The molecule has 0 radical (unpaired) electrons. The van der Waals surface area contributed by atoms with Crippen LogP contribution in [0.25, 0.3) is 0 Å². The van der Waals surface area contributed by atoms with Gasteiger partial charge in [-0.05, 0) is 37.1 Å². The molecule has 1 amide bonds. The number of benzene rings is 2. The van der Waals surface area contributed by atoms with Crippen molar-refractivity contribution in [3.05, 3.63) is 54.1 Å². The van der Waals surface area contributed by atoms with Crippen LogP contribution in [0, 0.1) is 0 Å². The molecule has 9 nitrogen and oxygen atoms in total. The van der Waals surface area contributed by atoms with Gasteiger partial charge in [0.25, 0.3) is 0 Å². The summed E-state index contributed by atoms with van der Waals surface area (Å²) in [5, 5.41) is 0. The minimum atomic E-state index is -3.71. The zero-order valence-corrected chi connectivity index (χ0v) is 20.6. The van der Waals surface area contributed by atoms with Crippen LogP contribution in [0.5, 0.6) is 5.75 Å². The van der Waals surface area contributed by atoms with E-state index in [0.717, 1.165) is 5.56 Å². The molecule has 1 aliphatic heterocycles. The number of piperazine rings is 1. The van der Waals surface area contributed by atoms with E-state index < -0.39 is 21.9 Å². The molecule has 1 fully saturated rings. The number of hydrogen-bond donors (Lipinski definition) is 0. The van der Waals surface area contributed by atoms with Gasteiger partial charge >= 0.3 is 11.9 Å². The number of hydrogen-bond acceptors (Lipinski definition) is 7. The predicted octanol–water partition coefficient (Wildman–Crippen LogP) is 1.77. The summed E-state index contributed by atoms with van der Waals surface area (Å²) in [5.41, 5.74) is 1.69. The van der Waals surface area contributed by atoms with Gasteiger partial charge in [0.2, 0.25) is 10.0 Å². The second-order valence-corrected chi connectivity index (χ2v) is 9.94. The Morgan fingerprint density at radius 2 is 1.71 bits per heavy atom. The zero-order chi connectivity index (χ0) is 24.7. The third kappa shape index (κ3) is 5.87. The van der Waals surface area contributed by atoms with Gasteiger partial charge in [-0.25, -0.2) is 17.5 Å². The highest BCUT2D eigenvalue weighted by molar-refractivity contribution is 7.89. The van der Waals surface area contributed by atoms with Crippen LogP contribution < -0.4 is 9.64 Å². The number of ether oxygens (including phenoxy) is 2. The Morgan fingerprint density at radius 1 is 1.03 bits per heavy atom. The highest BCUT2D eigenvalue weighted by atomic mass is 32.2. The summed E-state index contributed by atoms with van der Waals surface area (Å²) in [7, 11) is -0.613. The molecule has 0 aromatic heterocycles. The number of anilines is 1. The largest absolute Gasteiger partial charge is 0.495 e. The van der Waals surface area contributed by atoms with Crippen LogP contribution in [0.2, 0.25) is 0 Å². The van der Waals surface area contributed by atoms with Crippen LogP contribution in [0.3, 0.4) is 0 Å². The second kappa shape index (κ2) is 11.3. The predicted molar refractivity (Wildman–Crippen MR) is 128 cm³/mol. The van der Waals surface area contributed by atoms with Gasteiger partial charge in [0.15, 0.2) is 0 Å². The molecule has 184 valence electrons. The topological polar surface area (TPSA) is 96.5 Å². The first-order chi connectivity index (χ1) is 16.3. The molecular weight excluding hydrogens is 458 g/mol. The summed E-state index contributed by atoms with van der Waals surface area (Å²) in [6, 6.07) is 14.5. The molecule has 3 rings (SSSR count). The molecule has 0 spiro atoms. The fourth-order valence-corrected chi connectivity index (χ4v) is 4.97. The molecule has 0 unspecified atom stereocenters. The highest BCUT2D eigenvalue weighted by Gasteiger charge is 2.29. The van der Waals surface area contributed by atoms with Crippen molar-refractivity contribution in [1.82, 2.24) is 9.21 Å². The molecule has 0 aliphatic carbocycles. The van der Waals surface area contributed by atoms with Gasteiger partial charge in [0.05, 0.1) is 24.3 Å². The van der Waals surface area contributed by atoms with E-state index in [1.54, 1.807) is 26.1 Å². The molecule has 0 bridgehead atoms. The first-order valence-electron chi connectivity index (χ1n) is 11.2. The average molecular weight is 490 g/mol. The van der Waals surface area contributed by atoms with Crippen molar-refractivity contribution >= 4 is 27.6 Å². The number of nitrogens with zero attached hydrogens (tertiary/aromatic N) is 3. The van der Waals surface area contributed by atoms with Gasteiger partial charge in [0, 0.05) is 39.8 Å². The van der Waals surface area contributed by atoms with E-state index in [9.17, 15) is 18.0 Å². The Bertz CT molecular complexity index is 1100. The van der Waals surface area contributed by atoms with E-state index in [0.29, 0.717) is 50.6 Å². The van der Waals surface area contributed by atoms with Crippen molar-refractivity contribution in [3.63, 3.8) is 0 Å². The Balaban J connectivity index is 1.73. The number of rotatable bonds is 8. The van der Waals surface area contributed by atoms with Crippen molar-refractivity contribution in [2.75, 3.05) is 58.4 Å². The van der Waals surface area contributed by atoms with Crippen LogP contribution in [-0.2, 0) is 30.8 Å². The maximum Gasteiger partial charge on any atom is 0.397 e. The molecular formula is C24H31N3O6S. The van der Waals surface area contributed by atoms with Crippen LogP contribution in [0.1, 0.15) is 12.5 Å². The monoisotopic (exact) mass is 489 g/mol. The molecule has 2 aromatic carbocycles. The van der Waals surface area contributed by atoms with E-state index in [4.69, 9.17) is 9.47 Å². The first-order valence-corrected chi connectivity index (χ1v) is 12.6. The Morgan fingerprint density at radius 3 is 2.32 bits per heavy atom. The molecule has 10 heteroatoms. The Hall–Kier alpha value is -3.11. The third-order valence-electron chi connectivity index (χ3n) is 5.77. The van der Waals surface area contributed by atoms with E-state index in [2.05, 4.69) is 0 Å². The van der Waals surface area contributed by atoms with Crippen molar-refractivity contribution in [2.24, 2.45) is 0 Å². The Kier molecular flexibility index (Phi) is 8.51. The second-order valence-electron chi connectivity index (χ2n) is 7.90. The summed E-state index contributed by atoms with van der Waals surface area (Å²) >= 11 is 0. The number of likely N-dealkylation sites (N-methyl/N-ethyl adjacent to an activating group) is 1. The Labute approximate surface area is 200 Å². The molecule has 1 saturated heterocycles. The molecule has 0 atom stereocenters. The van der Waals surface area contributed by atoms with Crippen LogP contribution in [-0.4, -0.2) is 83.0 Å². The van der Waals surface area contributed by atoms with Crippen LogP contribution in [0.15, 0.2) is 53.4 Å². The lowest BCUT2D eigenvalue weighted by Gasteiger charge is -2.36. The van der Waals surface area contributed by atoms with E-state index >= 15 is 0 Å². The van der Waals surface area contributed by atoms with Gasteiger partial charge < -0.3 is 19.3 Å². The van der Waals surface area contributed by atoms with Crippen molar-refractivity contribution < 1.29 is 27.5 Å². The molecule has 0 N–H and O–H groups in total. The van der Waals surface area contributed by atoms with Gasteiger partial charge in [0.1, 0.15) is 5.75 Å². The summed E-state index contributed by atoms with van der Waals surface area (Å²) in [5.74, 6) is -0.985. The number of carbonyl (C=O) groups excluding carboxylic acids is 2. The highest BCUT2D eigenvalue weighted by Crippen LogP contribution is 2.32. The van der Waals surface area contributed by atoms with Gasteiger partial charge in [-0.15, -0.1) is 0 Å². The summed E-state index contributed by atoms with van der Waals surface area (Å²) in [6.45, 7) is 3.62. The SMILES string of the molecule is CCOC(=O)C(=O)N1CCN(c2cc(S(=O)(=O)N(C)CCc3ccccc3)ccc2OC)CC1. The molecule has 1 aliphatic rings. The molecule has 2 aromatic rings. The van der Waals surface area contributed by atoms with Crippen molar-refractivity contribution in [1.29, 1.82) is 0 Å². The summed E-state index contributed by atoms with van der Waals surface area (Å²) in [4.78, 5) is 27.5. The number of amides is 1. The lowest BCUT2D eigenvalue weighted by molar-refractivity contribution is -0.160. The van der Waals surface area contributed by atoms with Crippen LogP contribution in [0.4, 0.5) is 5.69 Å². The first kappa shape index (κ1) is 25.5. The van der Waals surface area contributed by atoms with Crippen molar-refractivity contribution in [2.45, 2.75) is 18.2 Å². The minimum absolute atomic E-state index is 0.142.